The summed E-state index contributed by atoms with van der Waals surface area (Å²) < 4.78 is 5.53. The van der Waals surface area contributed by atoms with Gasteiger partial charge in [0.2, 0.25) is 5.78 Å². The number of hydrogen-bond acceptors (Lipinski definition) is 3. The Morgan fingerprint density at radius 1 is 1.05 bits per heavy atom. The van der Waals surface area contributed by atoms with Crippen molar-refractivity contribution in [2.24, 2.45) is 0 Å². The predicted molar refractivity (Wildman–Crippen MR) is 70.8 cm³/mol. The second-order valence-electron chi connectivity index (χ2n) is 4.17. The van der Waals surface area contributed by atoms with Crippen LogP contribution in [0, 0.1) is 11.3 Å². The lowest BCUT2D eigenvalue weighted by molar-refractivity contribution is 0.101. The number of rotatable bonds is 2. The molecule has 0 N–H and O–H groups in total. The van der Waals surface area contributed by atoms with Crippen LogP contribution < -0.4 is 0 Å². The molecule has 0 saturated carbocycles. The molecule has 90 valence electrons. The first-order valence-electron chi connectivity index (χ1n) is 5.81. The van der Waals surface area contributed by atoms with Crippen molar-refractivity contribution in [3.05, 3.63) is 71.5 Å². The lowest BCUT2D eigenvalue weighted by atomic mass is 10.1. The summed E-state index contributed by atoms with van der Waals surface area (Å²) in [6.45, 7) is 0. The number of para-hydroxylation sites is 1. The maximum Gasteiger partial charge on any atom is 0.228 e. The molecule has 0 atom stereocenters. The Balaban J connectivity index is 2.05. The molecule has 0 saturated heterocycles. The topological polar surface area (TPSA) is 54.0 Å². The first-order valence-corrected chi connectivity index (χ1v) is 5.81. The highest BCUT2D eigenvalue weighted by atomic mass is 16.3. The third kappa shape index (κ3) is 2.00. The molecule has 3 aromatic rings. The van der Waals surface area contributed by atoms with E-state index in [0.29, 0.717) is 16.7 Å². The average molecular weight is 247 g/mol. The summed E-state index contributed by atoms with van der Waals surface area (Å²) in [7, 11) is 0. The highest BCUT2D eigenvalue weighted by Gasteiger charge is 2.14. The lowest BCUT2D eigenvalue weighted by Crippen LogP contribution is -1.99. The van der Waals surface area contributed by atoms with E-state index in [0.717, 1.165) is 5.39 Å². The molecular formula is C16H9NO2. The molecule has 0 spiro atoms. The van der Waals surface area contributed by atoms with Crippen LogP contribution in [0.3, 0.4) is 0 Å². The van der Waals surface area contributed by atoms with Gasteiger partial charge in [0.05, 0.1) is 11.6 Å². The van der Waals surface area contributed by atoms with Crippen LogP contribution in [0.2, 0.25) is 0 Å². The van der Waals surface area contributed by atoms with Gasteiger partial charge < -0.3 is 4.42 Å². The summed E-state index contributed by atoms with van der Waals surface area (Å²) in [6, 6.07) is 17.8. The Hall–Kier alpha value is -2.86. The van der Waals surface area contributed by atoms with E-state index in [9.17, 15) is 4.79 Å². The first kappa shape index (κ1) is 11.2. The van der Waals surface area contributed by atoms with Gasteiger partial charge in [-0.15, -0.1) is 0 Å². The SMILES string of the molecule is N#Cc1cccc(C(=O)c2cc3ccccc3o2)c1. The van der Waals surface area contributed by atoms with Gasteiger partial charge in [0.15, 0.2) is 5.76 Å². The van der Waals surface area contributed by atoms with Gasteiger partial charge in [-0.2, -0.15) is 5.26 Å². The maximum absolute atomic E-state index is 12.3. The first-order chi connectivity index (χ1) is 9.28. The van der Waals surface area contributed by atoms with Crippen molar-refractivity contribution in [1.82, 2.24) is 0 Å². The van der Waals surface area contributed by atoms with Crippen molar-refractivity contribution >= 4 is 16.8 Å². The molecule has 1 heterocycles. The van der Waals surface area contributed by atoms with E-state index in [2.05, 4.69) is 0 Å². The van der Waals surface area contributed by atoms with Crippen LogP contribution in [0.5, 0.6) is 0 Å². The predicted octanol–water partition coefficient (Wildman–Crippen LogP) is 3.54. The summed E-state index contributed by atoms with van der Waals surface area (Å²) in [6.07, 6.45) is 0. The highest BCUT2D eigenvalue weighted by Crippen LogP contribution is 2.21. The molecule has 0 unspecified atom stereocenters. The Bertz CT molecular complexity index is 776. The van der Waals surface area contributed by atoms with Crippen molar-refractivity contribution in [3.63, 3.8) is 0 Å². The number of carbonyl (C=O) groups excluding carboxylic acids is 1. The van der Waals surface area contributed by atoms with Crippen molar-refractivity contribution in [1.29, 1.82) is 5.26 Å². The smallest absolute Gasteiger partial charge is 0.228 e. The Morgan fingerprint density at radius 3 is 2.68 bits per heavy atom. The number of ketones is 1. The molecule has 0 amide bonds. The molecule has 0 aliphatic carbocycles. The van der Waals surface area contributed by atoms with Crippen molar-refractivity contribution in [2.75, 3.05) is 0 Å². The van der Waals surface area contributed by atoms with E-state index in [1.165, 1.54) is 0 Å². The van der Waals surface area contributed by atoms with E-state index in [1.807, 2.05) is 30.3 Å². The molecule has 2 aromatic carbocycles. The van der Waals surface area contributed by atoms with Gasteiger partial charge >= 0.3 is 0 Å². The zero-order chi connectivity index (χ0) is 13.2. The van der Waals surface area contributed by atoms with Crippen molar-refractivity contribution in [2.45, 2.75) is 0 Å². The van der Waals surface area contributed by atoms with Crippen LogP contribution in [-0.2, 0) is 0 Å². The van der Waals surface area contributed by atoms with Crippen LogP contribution >= 0.6 is 0 Å². The standard InChI is InChI=1S/C16H9NO2/c17-10-11-4-3-6-13(8-11)16(18)15-9-12-5-1-2-7-14(12)19-15/h1-9H. The van der Waals surface area contributed by atoms with Crippen molar-refractivity contribution < 1.29 is 9.21 Å². The van der Waals surface area contributed by atoms with Crippen molar-refractivity contribution in [3.8, 4) is 6.07 Å². The summed E-state index contributed by atoms with van der Waals surface area (Å²) >= 11 is 0. The molecule has 0 aliphatic rings. The number of fused-ring (bicyclic) bond motifs is 1. The molecule has 1 aromatic heterocycles. The number of hydrogen-bond donors (Lipinski definition) is 0. The second-order valence-corrected chi connectivity index (χ2v) is 4.17. The van der Waals surface area contributed by atoms with E-state index >= 15 is 0 Å². The zero-order valence-electron chi connectivity index (χ0n) is 9.96. The van der Waals surface area contributed by atoms with Gasteiger partial charge in [-0.25, -0.2) is 0 Å². The minimum absolute atomic E-state index is 0.215. The fourth-order valence-corrected chi connectivity index (χ4v) is 1.97. The minimum atomic E-state index is -0.215. The van der Waals surface area contributed by atoms with E-state index in [1.54, 1.807) is 30.3 Å². The average Bonchev–Trinajstić information content (AvgIpc) is 2.90. The summed E-state index contributed by atoms with van der Waals surface area (Å²) in [5.41, 5.74) is 1.60. The molecule has 0 aliphatic heterocycles. The third-order valence-electron chi connectivity index (χ3n) is 2.90. The number of nitrogens with zero attached hydrogens (tertiary/aromatic N) is 1. The number of furan rings is 1. The molecular weight excluding hydrogens is 238 g/mol. The molecule has 3 heteroatoms. The number of carbonyl (C=O) groups is 1. The minimum Gasteiger partial charge on any atom is -0.453 e. The summed E-state index contributed by atoms with van der Waals surface area (Å²) in [5, 5.41) is 9.74. The Morgan fingerprint density at radius 2 is 1.89 bits per heavy atom. The van der Waals surface area contributed by atoms with E-state index in [4.69, 9.17) is 9.68 Å². The Labute approximate surface area is 109 Å². The van der Waals surface area contributed by atoms with Gasteiger partial charge in [-0.05, 0) is 24.3 Å². The van der Waals surface area contributed by atoms with Gasteiger partial charge in [0, 0.05) is 10.9 Å². The van der Waals surface area contributed by atoms with Gasteiger partial charge in [-0.1, -0.05) is 30.3 Å². The van der Waals surface area contributed by atoms with Gasteiger partial charge in [0.1, 0.15) is 5.58 Å². The monoisotopic (exact) mass is 247 g/mol. The molecule has 0 radical (unpaired) electrons. The lowest BCUT2D eigenvalue weighted by Gasteiger charge is -1.97. The van der Waals surface area contributed by atoms with E-state index < -0.39 is 0 Å². The molecule has 0 bridgehead atoms. The summed E-state index contributed by atoms with van der Waals surface area (Å²) in [4.78, 5) is 12.3. The maximum atomic E-state index is 12.3. The fourth-order valence-electron chi connectivity index (χ4n) is 1.97. The van der Waals surface area contributed by atoms with Crippen LogP contribution in [0.25, 0.3) is 11.0 Å². The second kappa shape index (κ2) is 4.43. The van der Waals surface area contributed by atoms with Crippen LogP contribution in [-0.4, -0.2) is 5.78 Å². The summed E-state index contributed by atoms with van der Waals surface area (Å²) in [5.74, 6) is 0.0737. The highest BCUT2D eigenvalue weighted by molar-refractivity contribution is 6.09. The largest absolute Gasteiger partial charge is 0.453 e. The van der Waals surface area contributed by atoms with E-state index in [-0.39, 0.29) is 11.5 Å². The number of nitriles is 1. The molecule has 3 rings (SSSR count). The third-order valence-corrected chi connectivity index (χ3v) is 2.90. The van der Waals surface area contributed by atoms with Gasteiger partial charge in [-0.3, -0.25) is 4.79 Å². The Kier molecular flexibility index (Phi) is 2.62. The van der Waals surface area contributed by atoms with Crippen LogP contribution in [0.1, 0.15) is 21.7 Å². The fraction of sp³-hybridized carbons (Fsp3) is 0. The molecule has 3 nitrogen and oxygen atoms in total. The normalized spacial score (nSPS) is 10.3. The number of benzene rings is 2. The molecule has 19 heavy (non-hydrogen) atoms. The van der Waals surface area contributed by atoms with Crippen LogP contribution in [0.4, 0.5) is 0 Å². The zero-order valence-corrected chi connectivity index (χ0v) is 9.96. The van der Waals surface area contributed by atoms with Gasteiger partial charge in [0.25, 0.3) is 0 Å². The van der Waals surface area contributed by atoms with Crippen LogP contribution in [0.15, 0.2) is 59.0 Å². The quantitative estimate of drug-likeness (QED) is 0.651. The molecule has 0 fully saturated rings.